The lowest BCUT2D eigenvalue weighted by Crippen LogP contribution is -2.42. The third kappa shape index (κ3) is 6.18. The topological polar surface area (TPSA) is 145 Å². The molecule has 1 saturated heterocycles. The molecule has 0 bridgehead atoms. The SMILES string of the molecule is COc1cc(NC(=O)COC(=O)c2ccc(S(=O)(=O)N3C[C@H](C)C[C@H](C)C3)cc2)c(C)cc1[N+](=O)[O-]. The molecule has 11 nitrogen and oxygen atoms in total. The Morgan fingerprint density at radius 3 is 2.31 bits per heavy atom. The van der Waals surface area contributed by atoms with E-state index in [4.69, 9.17) is 9.47 Å². The van der Waals surface area contributed by atoms with Crippen LogP contribution in [0, 0.1) is 28.9 Å². The van der Waals surface area contributed by atoms with Gasteiger partial charge in [0.05, 0.1) is 22.5 Å². The molecule has 2 aromatic carbocycles. The number of esters is 1. The van der Waals surface area contributed by atoms with Crippen LogP contribution in [0.4, 0.5) is 11.4 Å². The van der Waals surface area contributed by atoms with Crippen LogP contribution in [0.2, 0.25) is 0 Å². The lowest BCUT2D eigenvalue weighted by atomic mass is 9.94. The third-order valence-electron chi connectivity index (χ3n) is 5.89. The first kappa shape index (κ1) is 27.1. The van der Waals surface area contributed by atoms with Crippen molar-refractivity contribution >= 4 is 33.3 Å². The number of benzene rings is 2. The molecule has 0 saturated carbocycles. The number of rotatable bonds is 8. The van der Waals surface area contributed by atoms with Gasteiger partial charge in [-0.25, -0.2) is 13.2 Å². The second kappa shape index (κ2) is 11.0. The minimum absolute atomic E-state index is 0.0265. The summed E-state index contributed by atoms with van der Waals surface area (Å²) in [5.41, 5.74) is 0.551. The fourth-order valence-electron chi connectivity index (χ4n) is 4.23. The molecule has 1 aliphatic rings. The molecule has 2 aromatic rings. The highest BCUT2D eigenvalue weighted by Crippen LogP contribution is 2.32. The van der Waals surface area contributed by atoms with E-state index in [1.807, 2.05) is 13.8 Å². The van der Waals surface area contributed by atoms with Crippen LogP contribution in [0.5, 0.6) is 5.75 Å². The number of carbonyl (C=O) groups excluding carboxylic acids is 2. The van der Waals surface area contributed by atoms with Gasteiger partial charge < -0.3 is 14.8 Å². The zero-order chi connectivity index (χ0) is 26.6. The Labute approximate surface area is 209 Å². The Morgan fingerprint density at radius 2 is 1.75 bits per heavy atom. The van der Waals surface area contributed by atoms with Gasteiger partial charge in [0.25, 0.3) is 5.91 Å². The molecular weight excluding hydrogens is 490 g/mol. The van der Waals surface area contributed by atoms with Crippen LogP contribution in [-0.2, 0) is 19.6 Å². The number of methoxy groups -OCH3 is 1. The van der Waals surface area contributed by atoms with Crippen molar-refractivity contribution in [1.82, 2.24) is 4.31 Å². The number of hydrogen-bond acceptors (Lipinski definition) is 8. The van der Waals surface area contributed by atoms with Gasteiger partial charge >= 0.3 is 11.7 Å². The predicted octanol–water partition coefficient (Wildman–Crippen LogP) is 3.37. The van der Waals surface area contributed by atoms with Crippen molar-refractivity contribution in [2.75, 3.05) is 32.1 Å². The van der Waals surface area contributed by atoms with Crippen molar-refractivity contribution in [2.24, 2.45) is 11.8 Å². The van der Waals surface area contributed by atoms with Gasteiger partial charge in [-0.2, -0.15) is 4.31 Å². The molecule has 12 heteroatoms. The summed E-state index contributed by atoms with van der Waals surface area (Å²) < 4.78 is 37.5. The van der Waals surface area contributed by atoms with Gasteiger partial charge in [0.1, 0.15) is 0 Å². The number of carbonyl (C=O) groups is 2. The van der Waals surface area contributed by atoms with E-state index in [9.17, 15) is 28.1 Å². The van der Waals surface area contributed by atoms with Gasteiger partial charge in [-0.15, -0.1) is 0 Å². The summed E-state index contributed by atoms with van der Waals surface area (Å²) in [6, 6.07) is 7.97. The largest absolute Gasteiger partial charge is 0.490 e. The van der Waals surface area contributed by atoms with E-state index in [2.05, 4.69) is 5.32 Å². The second-order valence-electron chi connectivity index (χ2n) is 9.01. The number of nitrogens with one attached hydrogen (secondary N) is 1. The van der Waals surface area contributed by atoms with Crippen LogP contribution in [0.3, 0.4) is 0 Å². The number of anilines is 1. The number of piperidine rings is 1. The van der Waals surface area contributed by atoms with Crippen LogP contribution >= 0.6 is 0 Å². The molecule has 194 valence electrons. The van der Waals surface area contributed by atoms with Gasteiger partial charge in [-0.05, 0) is 55.0 Å². The molecule has 3 rings (SSSR count). The fraction of sp³-hybridized carbons (Fsp3) is 0.417. The van der Waals surface area contributed by atoms with Gasteiger partial charge in [0.2, 0.25) is 10.0 Å². The Balaban J connectivity index is 1.61. The summed E-state index contributed by atoms with van der Waals surface area (Å²) in [6.45, 7) is 5.91. The van der Waals surface area contributed by atoms with Crippen LogP contribution in [-0.4, -0.2) is 56.3 Å². The number of nitro groups is 1. The molecule has 1 fully saturated rings. The first-order valence-electron chi connectivity index (χ1n) is 11.3. The standard InChI is InChI=1S/C24H29N3O8S/c1-15-9-16(2)13-26(12-15)36(32,33)19-7-5-18(6-8-19)24(29)35-14-23(28)25-20-11-22(34-4)21(27(30)31)10-17(20)3/h5-8,10-11,15-16H,9,12-14H2,1-4H3,(H,25,28)/t15-,16+. The molecule has 0 radical (unpaired) electrons. The Hall–Kier alpha value is -3.51. The van der Waals surface area contributed by atoms with Gasteiger partial charge in [0, 0.05) is 30.9 Å². The van der Waals surface area contributed by atoms with Crippen LogP contribution in [0.1, 0.15) is 36.2 Å². The molecule has 1 aliphatic heterocycles. The first-order valence-corrected chi connectivity index (χ1v) is 12.8. The number of nitro benzene ring substituents is 1. The fourth-order valence-corrected chi connectivity index (χ4v) is 5.91. The molecule has 0 spiro atoms. The summed E-state index contributed by atoms with van der Waals surface area (Å²) in [4.78, 5) is 35.3. The zero-order valence-corrected chi connectivity index (χ0v) is 21.3. The molecule has 0 aromatic heterocycles. The number of hydrogen-bond donors (Lipinski definition) is 1. The summed E-state index contributed by atoms with van der Waals surface area (Å²) in [7, 11) is -2.41. The van der Waals surface area contributed by atoms with Crippen LogP contribution < -0.4 is 10.1 Å². The van der Waals surface area contributed by atoms with Gasteiger partial charge in [-0.3, -0.25) is 14.9 Å². The van der Waals surface area contributed by atoms with E-state index in [0.717, 1.165) is 6.42 Å². The molecule has 1 N–H and O–H groups in total. The molecule has 36 heavy (non-hydrogen) atoms. The van der Waals surface area contributed by atoms with Crippen molar-refractivity contribution in [3.8, 4) is 5.75 Å². The maximum atomic E-state index is 13.0. The summed E-state index contributed by atoms with van der Waals surface area (Å²) in [5.74, 6) is -0.955. The maximum absolute atomic E-state index is 13.0. The minimum atomic E-state index is -3.68. The normalized spacial score (nSPS) is 18.3. The molecule has 2 atom stereocenters. The quantitative estimate of drug-likeness (QED) is 0.317. The molecule has 1 heterocycles. The highest BCUT2D eigenvalue weighted by molar-refractivity contribution is 7.89. The van der Waals surface area contributed by atoms with Crippen molar-refractivity contribution < 1.29 is 32.4 Å². The zero-order valence-electron chi connectivity index (χ0n) is 20.5. The van der Waals surface area contributed by atoms with Crippen LogP contribution in [0.25, 0.3) is 0 Å². The maximum Gasteiger partial charge on any atom is 0.338 e. The molecule has 0 aliphatic carbocycles. The highest BCUT2D eigenvalue weighted by atomic mass is 32.2. The Bertz CT molecular complexity index is 1250. The van der Waals surface area contributed by atoms with E-state index in [-0.39, 0.29) is 39.4 Å². The van der Waals surface area contributed by atoms with E-state index in [0.29, 0.717) is 18.7 Å². The summed E-state index contributed by atoms with van der Waals surface area (Å²) in [5, 5.41) is 13.6. The lowest BCUT2D eigenvalue weighted by molar-refractivity contribution is -0.385. The van der Waals surface area contributed by atoms with E-state index in [1.54, 1.807) is 6.92 Å². The number of sulfonamides is 1. The highest BCUT2D eigenvalue weighted by Gasteiger charge is 2.31. The predicted molar refractivity (Wildman–Crippen MR) is 131 cm³/mol. The van der Waals surface area contributed by atoms with Gasteiger partial charge in [-0.1, -0.05) is 13.8 Å². The monoisotopic (exact) mass is 519 g/mol. The smallest absolute Gasteiger partial charge is 0.338 e. The summed E-state index contributed by atoms with van der Waals surface area (Å²) in [6.07, 6.45) is 0.974. The second-order valence-corrected chi connectivity index (χ2v) is 11.0. The van der Waals surface area contributed by atoms with E-state index < -0.39 is 33.4 Å². The number of aryl methyl sites for hydroxylation is 1. The molecular formula is C24H29N3O8S. The van der Waals surface area contributed by atoms with Crippen molar-refractivity contribution in [3.63, 3.8) is 0 Å². The van der Waals surface area contributed by atoms with Crippen molar-refractivity contribution in [2.45, 2.75) is 32.1 Å². The molecule has 0 unspecified atom stereocenters. The minimum Gasteiger partial charge on any atom is -0.490 e. The molecule has 1 amide bonds. The third-order valence-corrected chi connectivity index (χ3v) is 7.74. The average molecular weight is 520 g/mol. The van der Waals surface area contributed by atoms with Crippen molar-refractivity contribution in [3.05, 3.63) is 57.6 Å². The van der Waals surface area contributed by atoms with Crippen molar-refractivity contribution in [1.29, 1.82) is 0 Å². The first-order chi connectivity index (χ1) is 16.9. The Morgan fingerprint density at radius 1 is 1.14 bits per heavy atom. The average Bonchev–Trinajstić information content (AvgIpc) is 2.82. The van der Waals surface area contributed by atoms with E-state index >= 15 is 0 Å². The number of amides is 1. The van der Waals surface area contributed by atoms with Crippen LogP contribution in [0.15, 0.2) is 41.3 Å². The number of nitrogens with zero attached hydrogens (tertiary/aromatic N) is 2. The van der Waals surface area contributed by atoms with E-state index in [1.165, 1.54) is 47.8 Å². The summed E-state index contributed by atoms with van der Waals surface area (Å²) >= 11 is 0. The lowest BCUT2D eigenvalue weighted by Gasteiger charge is -2.34. The Kier molecular flexibility index (Phi) is 8.31. The van der Waals surface area contributed by atoms with Gasteiger partial charge in [0.15, 0.2) is 12.4 Å². The number of ether oxygens (including phenoxy) is 2.